The van der Waals surface area contributed by atoms with Gasteiger partial charge >= 0.3 is 6.03 Å². The highest BCUT2D eigenvalue weighted by atomic mass is 35.5. The van der Waals surface area contributed by atoms with Crippen molar-refractivity contribution in [1.29, 1.82) is 0 Å². The lowest BCUT2D eigenvalue weighted by molar-refractivity contribution is 0.232. The van der Waals surface area contributed by atoms with Crippen LogP contribution in [0, 0.1) is 5.92 Å². The number of halogens is 1. The Labute approximate surface area is 134 Å². The van der Waals surface area contributed by atoms with Gasteiger partial charge in [0.15, 0.2) is 0 Å². The van der Waals surface area contributed by atoms with Crippen molar-refractivity contribution in [2.45, 2.75) is 26.4 Å². The molecule has 2 N–H and O–H groups in total. The summed E-state index contributed by atoms with van der Waals surface area (Å²) < 4.78 is 1.66. The number of nitrogens with one attached hydrogen (secondary N) is 2. The molecule has 6 nitrogen and oxygen atoms in total. The van der Waals surface area contributed by atoms with Crippen LogP contribution in [0.4, 0.5) is 4.79 Å². The number of hydrogen-bond donors (Lipinski definition) is 2. The Morgan fingerprint density at radius 2 is 2.14 bits per heavy atom. The lowest BCUT2D eigenvalue weighted by Crippen LogP contribution is -2.41. The van der Waals surface area contributed by atoms with Gasteiger partial charge in [-0.3, -0.25) is 4.68 Å². The molecule has 118 valence electrons. The van der Waals surface area contributed by atoms with Crippen LogP contribution in [0.1, 0.15) is 25.5 Å². The van der Waals surface area contributed by atoms with E-state index in [-0.39, 0.29) is 18.0 Å². The molecule has 1 aromatic heterocycles. The summed E-state index contributed by atoms with van der Waals surface area (Å²) in [6.07, 6.45) is 3.35. The molecule has 22 heavy (non-hydrogen) atoms. The zero-order valence-electron chi connectivity index (χ0n) is 12.7. The van der Waals surface area contributed by atoms with Crippen LogP contribution in [0.3, 0.4) is 0 Å². The van der Waals surface area contributed by atoms with E-state index < -0.39 is 0 Å². The minimum Gasteiger partial charge on any atom is -0.336 e. The Kier molecular flexibility index (Phi) is 5.77. The summed E-state index contributed by atoms with van der Waals surface area (Å²) in [4.78, 5) is 12.1. The smallest absolute Gasteiger partial charge is 0.315 e. The highest BCUT2D eigenvalue weighted by Crippen LogP contribution is 2.27. The second-order valence-electron chi connectivity index (χ2n) is 5.31. The number of carbonyl (C=O) groups excluding carboxylic acids is 1. The Morgan fingerprint density at radius 3 is 2.77 bits per heavy atom. The predicted molar refractivity (Wildman–Crippen MR) is 85.6 cm³/mol. The van der Waals surface area contributed by atoms with E-state index in [1.165, 1.54) is 0 Å². The van der Waals surface area contributed by atoms with Gasteiger partial charge < -0.3 is 10.6 Å². The number of benzene rings is 1. The minimum absolute atomic E-state index is 0.139. The number of nitrogens with zero attached hydrogens (tertiary/aromatic N) is 3. The molecule has 0 aliphatic heterocycles. The number of aromatic nitrogens is 3. The molecule has 0 bridgehead atoms. The molecule has 1 atom stereocenters. The molecule has 2 amide bonds. The standard InChI is InChI=1S/C15H20ClN5O/c1-11(2)14(12-5-3-4-6-13(12)16)19-15(22)17-7-9-21-10-8-18-20-21/h3-6,8,10-11,14H,7,9H2,1-2H3,(H2,17,19,22)/t14-/m0/s1. The summed E-state index contributed by atoms with van der Waals surface area (Å²) >= 11 is 6.23. The van der Waals surface area contributed by atoms with Gasteiger partial charge in [0, 0.05) is 17.8 Å². The second-order valence-corrected chi connectivity index (χ2v) is 5.72. The highest BCUT2D eigenvalue weighted by molar-refractivity contribution is 6.31. The van der Waals surface area contributed by atoms with Crippen LogP contribution >= 0.6 is 11.6 Å². The zero-order chi connectivity index (χ0) is 15.9. The van der Waals surface area contributed by atoms with E-state index in [2.05, 4.69) is 20.9 Å². The third-order valence-corrected chi connectivity index (χ3v) is 3.64. The maximum Gasteiger partial charge on any atom is 0.315 e. The van der Waals surface area contributed by atoms with Crippen LogP contribution in [0.5, 0.6) is 0 Å². The SMILES string of the molecule is CC(C)[C@H](NC(=O)NCCn1ccnn1)c1ccccc1Cl. The number of carbonyl (C=O) groups is 1. The van der Waals surface area contributed by atoms with E-state index in [9.17, 15) is 4.79 Å². The average Bonchev–Trinajstić information content (AvgIpc) is 2.99. The summed E-state index contributed by atoms with van der Waals surface area (Å²) in [6, 6.07) is 7.19. The molecule has 2 aromatic rings. The summed E-state index contributed by atoms with van der Waals surface area (Å²) in [6.45, 7) is 5.14. The third kappa shape index (κ3) is 4.46. The van der Waals surface area contributed by atoms with Crippen molar-refractivity contribution in [2.75, 3.05) is 6.54 Å². The summed E-state index contributed by atoms with van der Waals surface area (Å²) in [5, 5.41) is 14.0. The second kappa shape index (κ2) is 7.79. The number of hydrogen-bond acceptors (Lipinski definition) is 3. The molecule has 0 fully saturated rings. The molecular weight excluding hydrogens is 302 g/mol. The van der Waals surface area contributed by atoms with Crippen molar-refractivity contribution in [3.8, 4) is 0 Å². The van der Waals surface area contributed by atoms with Gasteiger partial charge in [-0.2, -0.15) is 0 Å². The number of urea groups is 1. The molecule has 2 rings (SSSR count). The molecule has 1 heterocycles. The van der Waals surface area contributed by atoms with Crippen molar-refractivity contribution in [2.24, 2.45) is 5.92 Å². The van der Waals surface area contributed by atoms with Gasteiger partial charge in [-0.1, -0.05) is 48.9 Å². The van der Waals surface area contributed by atoms with Crippen molar-refractivity contribution in [3.05, 3.63) is 47.2 Å². The van der Waals surface area contributed by atoms with E-state index in [4.69, 9.17) is 11.6 Å². The fraction of sp³-hybridized carbons (Fsp3) is 0.400. The highest BCUT2D eigenvalue weighted by Gasteiger charge is 2.20. The normalized spacial score (nSPS) is 12.2. The Bertz CT molecular complexity index is 600. The Hall–Kier alpha value is -2.08. The van der Waals surface area contributed by atoms with Gasteiger partial charge in [-0.05, 0) is 17.5 Å². The summed E-state index contributed by atoms with van der Waals surface area (Å²) in [5.41, 5.74) is 0.922. The molecule has 0 saturated carbocycles. The van der Waals surface area contributed by atoms with E-state index in [1.807, 2.05) is 38.1 Å². The molecule has 0 saturated heterocycles. The Balaban J connectivity index is 1.90. The lowest BCUT2D eigenvalue weighted by atomic mass is 9.96. The van der Waals surface area contributed by atoms with Gasteiger partial charge in [0.2, 0.25) is 0 Å². The Morgan fingerprint density at radius 1 is 1.36 bits per heavy atom. The molecular formula is C15H20ClN5O. The van der Waals surface area contributed by atoms with Crippen LogP contribution in [-0.4, -0.2) is 27.6 Å². The molecule has 0 unspecified atom stereocenters. The van der Waals surface area contributed by atoms with Crippen LogP contribution in [0.25, 0.3) is 0 Å². The molecule has 0 aliphatic carbocycles. The summed E-state index contributed by atoms with van der Waals surface area (Å²) in [7, 11) is 0. The number of rotatable bonds is 6. The van der Waals surface area contributed by atoms with Gasteiger partial charge in [-0.25, -0.2) is 4.79 Å². The van der Waals surface area contributed by atoms with E-state index in [1.54, 1.807) is 17.1 Å². The van der Waals surface area contributed by atoms with Gasteiger partial charge in [0.1, 0.15) is 0 Å². The van der Waals surface area contributed by atoms with Crippen molar-refractivity contribution in [3.63, 3.8) is 0 Å². The number of amides is 2. The van der Waals surface area contributed by atoms with Gasteiger partial charge in [0.25, 0.3) is 0 Å². The molecule has 0 spiro atoms. The van der Waals surface area contributed by atoms with Crippen LogP contribution < -0.4 is 10.6 Å². The van der Waals surface area contributed by atoms with Gasteiger partial charge in [-0.15, -0.1) is 5.10 Å². The zero-order valence-corrected chi connectivity index (χ0v) is 13.4. The molecule has 0 radical (unpaired) electrons. The van der Waals surface area contributed by atoms with Crippen LogP contribution in [0.2, 0.25) is 5.02 Å². The van der Waals surface area contributed by atoms with Crippen LogP contribution in [-0.2, 0) is 6.54 Å². The van der Waals surface area contributed by atoms with E-state index in [0.717, 1.165) is 5.56 Å². The average molecular weight is 322 g/mol. The quantitative estimate of drug-likeness (QED) is 0.859. The molecule has 7 heteroatoms. The third-order valence-electron chi connectivity index (χ3n) is 3.29. The van der Waals surface area contributed by atoms with Crippen molar-refractivity contribution in [1.82, 2.24) is 25.6 Å². The van der Waals surface area contributed by atoms with Gasteiger partial charge in [0.05, 0.1) is 18.8 Å². The monoisotopic (exact) mass is 321 g/mol. The maximum absolute atomic E-state index is 12.1. The van der Waals surface area contributed by atoms with Crippen LogP contribution in [0.15, 0.2) is 36.7 Å². The fourth-order valence-electron chi connectivity index (χ4n) is 2.16. The fourth-order valence-corrected chi connectivity index (χ4v) is 2.41. The first-order chi connectivity index (χ1) is 10.6. The predicted octanol–water partition coefficient (Wildman–Crippen LogP) is 2.63. The first-order valence-electron chi connectivity index (χ1n) is 7.21. The summed E-state index contributed by atoms with van der Waals surface area (Å²) in [5.74, 6) is 0.223. The minimum atomic E-state index is -0.223. The molecule has 0 aliphatic rings. The lowest BCUT2D eigenvalue weighted by Gasteiger charge is -2.24. The van der Waals surface area contributed by atoms with Crippen molar-refractivity contribution >= 4 is 17.6 Å². The van der Waals surface area contributed by atoms with E-state index >= 15 is 0 Å². The van der Waals surface area contributed by atoms with Crippen molar-refractivity contribution < 1.29 is 4.79 Å². The first-order valence-corrected chi connectivity index (χ1v) is 7.58. The first kappa shape index (κ1) is 16.3. The maximum atomic E-state index is 12.1. The largest absolute Gasteiger partial charge is 0.336 e. The topological polar surface area (TPSA) is 71.8 Å². The molecule has 1 aromatic carbocycles. The van der Waals surface area contributed by atoms with E-state index in [0.29, 0.717) is 18.1 Å².